The molecule has 2 aromatic rings. The van der Waals surface area contributed by atoms with Gasteiger partial charge in [-0.05, 0) is 25.1 Å². The maximum absolute atomic E-state index is 14.6. The van der Waals surface area contributed by atoms with E-state index in [1.807, 2.05) is 0 Å². The second-order valence-corrected chi connectivity index (χ2v) is 8.60. The summed E-state index contributed by atoms with van der Waals surface area (Å²) < 4.78 is 106. The Balaban J connectivity index is 2.03. The first-order chi connectivity index (χ1) is 17.2. The van der Waals surface area contributed by atoms with E-state index in [4.69, 9.17) is 14.6 Å². The van der Waals surface area contributed by atoms with E-state index in [-0.39, 0.29) is 11.4 Å². The molecule has 1 unspecified atom stereocenters. The lowest BCUT2D eigenvalue weighted by molar-refractivity contribution is -0.272. The molecule has 1 aliphatic heterocycles. The van der Waals surface area contributed by atoms with Crippen LogP contribution in [0.15, 0.2) is 30.5 Å². The van der Waals surface area contributed by atoms with Gasteiger partial charge in [0, 0.05) is 17.4 Å². The monoisotopic (exact) mass is 540 g/mol. The van der Waals surface area contributed by atoms with E-state index in [9.17, 15) is 40.6 Å². The van der Waals surface area contributed by atoms with Crippen LogP contribution in [0, 0.1) is 17.6 Å². The second kappa shape index (κ2) is 10.8. The van der Waals surface area contributed by atoms with Crippen LogP contribution in [0.1, 0.15) is 37.1 Å². The van der Waals surface area contributed by atoms with Gasteiger partial charge in [0.15, 0.2) is 17.2 Å². The molecule has 14 heteroatoms. The zero-order chi connectivity index (χ0) is 27.7. The molecule has 3 rings (SSSR count). The number of hydrogen-bond donors (Lipinski definition) is 3. The van der Waals surface area contributed by atoms with Gasteiger partial charge in [-0.1, -0.05) is 13.0 Å². The summed E-state index contributed by atoms with van der Waals surface area (Å²) in [6.45, 7) is -0.241. The van der Waals surface area contributed by atoms with Gasteiger partial charge in [-0.3, -0.25) is 9.78 Å². The highest BCUT2D eigenvalue weighted by molar-refractivity contribution is 5.95. The van der Waals surface area contributed by atoms with Crippen LogP contribution >= 0.6 is 0 Å². The Labute approximate surface area is 206 Å². The number of carbonyl (C=O) groups is 1. The smallest absolute Gasteiger partial charge is 0.417 e. The van der Waals surface area contributed by atoms with Gasteiger partial charge in [-0.15, -0.1) is 0 Å². The lowest BCUT2D eigenvalue weighted by atomic mass is 9.77. The number of ether oxygens (including phenoxy) is 2. The van der Waals surface area contributed by atoms with Gasteiger partial charge in [0.05, 0.1) is 24.2 Å². The highest BCUT2D eigenvalue weighted by Gasteiger charge is 2.66. The first kappa shape index (κ1) is 28.6. The normalized spacial score (nSPS) is 24.8. The number of amides is 1. The lowest BCUT2D eigenvalue weighted by Gasteiger charge is -2.32. The molecule has 0 radical (unpaired) electrons. The molecule has 5 atom stereocenters. The Bertz CT molecular complexity index is 1120. The van der Waals surface area contributed by atoms with Crippen molar-refractivity contribution in [1.82, 2.24) is 4.98 Å². The first-order valence-electron chi connectivity index (χ1n) is 10.9. The number of nitrogens with zero attached hydrogens (tertiary/aromatic N) is 1. The number of nitrogens with one attached hydrogen (secondary N) is 1. The number of rotatable bonds is 8. The SMILES string of the molecule is C[C@H]1[C@@H](c2ccc(F)c(F)c2OCC(F)F)C(C(=O)Nc2ccc([C@@H](O)CO)nc2)O[C@@]1(C)C(F)(F)F. The fraction of sp³-hybridized carbons (Fsp3) is 0.478. The number of pyridine rings is 1. The molecule has 3 N–H and O–H groups in total. The number of anilines is 1. The molecule has 1 aliphatic rings. The van der Waals surface area contributed by atoms with Gasteiger partial charge in [-0.25, -0.2) is 13.2 Å². The molecular formula is C23H23F7N2O5. The van der Waals surface area contributed by atoms with Crippen LogP contribution < -0.4 is 10.1 Å². The molecule has 37 heavy (non-hydrogen) atoms. The summed E-state index contributed by atoms with van der Waals surface area (Å²) >= 11 is 0. The predicted octanol–water partition coefficient (Wildman–Crippen LogP) is 4.11. The van der Waals surface area contributed by atoms with E-state index in [2.05, 4.69) is 10.3 Å². The van der Waals surface area contributed by atoms with Gasteiger partial charge in [0.25, 0.3) is 12.3 Å². The topological polar surface area (TPSA) is 101 Å². The summed E-state index contributed by atoms with van der Waals surface area (Å²) in [4.78, 5) is 17.0. The van der Waals surface area contributed by atoms with E-state index >= 15 is 0 Å². The van der Waals surface area contributed by atoms with Crippen molar-refractivity contribution in [3.05, 3.63) is 53.4 Å². The van der Waals surface area contributed by atoms with Crippen molar-refractivity contribution in [1.29, 1.82) is 0 Å². The van der Waals surface area contributed by atoms with Gasteiger partial charge in [0.2, 0.25) is 5.82 Å². The van der Waals surface area contributed by atoms with Crippen molar-refractivity contribution >= 4 is 11.6 Å². The number of alkyl halides is 5. The molecular weight excluding hydrogens is 517 g/mol. The van der Waals surface area contributed by atoms with Crippen molar-refractivity contribution in [2.45, 2.75) is 50.2 Å². The van der Waals surface area contributed by atoms with E-state index in [0.29, 0.717) is 13.0 Å². The summed E-state index contributed by atoms with van der Waals surface area (Å²) in [7, 11) is 0. The second-order valence-electron chi connectivity index (χ2n) is 8.60. The molecule has 7 nitrogen and oxygen atoms in total. The standard InChI is InChI=1S/C23H23F7N2O5/c1-10-17(12-4-5-13(24)18(27)19(12)36-9-16(25)26)20(37-22(10,2)23(28,29)30)21(35)32-11-3-6-14(31-7-11)15(34)8-33/h3-7,10,15-17,20,33-34H,8-9H2,1-2H3,(H,32,35)/t10-,15-,17-,20?,22+/m0/s1. The molecule has 1 saturated heterocycles. The van der Waals surface area contributed by atoms with Crippen molar-refractivity contribution < 1.29 is 55.2 Å². The number of aliphatic hydroxyl groups excluding tert-OH is 2. The van der Waals surface area contributed by atoms with Crippen LogP contribution in [-0.2, 0) is 9.53 Å². The average Bonchev–Trinajstić information content (AvgIpc) is 3.11. The molecule has 1 fully saturated rings. The fourth-order valence-electron chi connectivity index (χ4n) is 4.11. The third kappa shape index (κ3) is 5.65. The predicted molar refractivity (Wildman–Crippen MR) is 114 cm³/mol. The molecule has 204 valence electrons. The number of halogens is 7. The molecule has 0 saturated carbocycles. The fourth-order valence-corrected chi connectivity index (χ4v) is 4.11. The Hall–Kier alpha value is -2.97. The largest absolute Gasteiger partial charge is 0.484 e. The van der Waals surface area contributed by atoms with Crippen molar-refractivity contribution in [2.75, 3.05) is 18.5 Å². The van der Waals surface area contributed by atoms with Crippen LogP contribution in [-0.4, -0.2) is 58.6 Å². The van der Waals surface area contributed by atoms with Crippen molar-refractivity contribution in [3.8, 4) is 5.75 Å². The zero-order valence-corrected chi connectivity index (χ0v) is 19.4. The Morgan fingerprint density at radius 3 is 2.46 bits per heavy atom. The van der Waals surface area contributed by atoms with Crippen LogP contribution in [0.3, 0.4) is 0 Å². The average molecular weight is 540 g/mol. The highest BCUT2D eigenvalue weighted by atomic mass is 19.4. The maximum atomic E-state index is 14.6. The quantitative estimate of drug-likeness (QED) is 0.436. The summed E-state index contributed by atoms with van der Waals surface area (Å²) in [5.41, 5.74) is -3.36. The minimum absolute atomic E-state index is 0.0195. The Morgan fingerprint density at radius 2 is 1.92 bits per heavy atom. The number of carbonyl (C=O) groups excluding carboxylic acids is 1. The van der Waals surface area contributed by atoms with E-state index in [1.165, 1.54) is 12.1 Å². The zero-order valence-electron chi connectivity index (χ0n) is 19.4. The molecule has 0 aliphatic carbocycles. The number of aromatic nitrogens is 1. The number of hydrogen-bond acceptors (Lipinski definition) is 6. The van der Waals surface area contributed by atoms with Crippen LogP contribution in [0.25, 0.3) is 0 Å². The van der Waals surface area contributed by atoms with E-state index in [0.717, 1.165) is 19.2 Å². The molecule has 0 spiro atoms. The molecule has 2 heterocycles. The van der Waals surface area contributed by atoms with E-state index in [1.54, 1.807) is 0 Å². The molecule has 1 aromatic carbocycles. The van der Waals surface area contributed by atoms with Crippen molar-refractivity contribution in [2.24, 2.45) is 5.92 Å². The summed E-state index contributed by atoms with van der Waals surface area (Å²) in [6, 6.07) is 3.94. The maximum Gasteiger partial charge on any atom is 0.417 e. The molecule has 0 bridgehead atoms. The third-order valence-corrected chi connectivity index (χ3v) is 6.29. The summed E-state index contributed by atoms with van der Waals surface area (Å²) in [5, 5.41) is 20.9. The summed E-state index contributed by atoms with van der Waals surface area (Å²) in [5.74, 6) is -8.54. The molecule has 1 amide bonds. The van der Waals surface area contributed by atoms with Gasteiger partial charge in [0.1, 0.15) is 18.8 Å². The summed E-state index contributed by atoms with van der Waals surface area (Å²) in [6.07, 6.45) is -10.3. The lowest BCUT2D eigenvalue weighted by Crippen LogP contribution is -2.47. The third-order valence-electron chi connectivity index (χ3n) is 6.29. The Kier molecular flexibility index (Phi) is 8.34. The van der Waals surface area contributed by atoms with Gasteiger partial charge < -0.3 is 25.0 Å². The van der Waals surface area contributed by atoms with Crippen LogP contribution in [0.2, 0.25) is 0 Å². The van der Waals surface area contributed by atoms with Crippen LogP contribution in [0.4, 0.5) is 36.4 Å². The Morgan fingerprint density at radius 1 is 1.24 bits per heavy atom. The highest BCUT2D eigenvalue weighted by Crippen LogP contribution is 2.55. The number of benzene rings is 1. The molecule has 1 aromatic heterocycles. The van der Waals surface area contributed by atoms with Gasteiger partial charge >= 0.3 is 6.18 Å². The van der Waals surface area contributed by atoms with Crippen molar-refractivity contribution in [3.63, 3.8) is 0 Å². The first-order valence-corrected chi connectivity index (χ1v) is 10.9. The van der Waals surface area contributed by atoms with E-state index < -0.39 is 84.3 Å². The minimum atomic E-state index is -5.01. The number of aliphatic hydroxyl groups is 2. The van der Waals surface area contributed by atoms with Gasteiger partial charge in [-0.2, -0.15) is 17.6 Å². The van der Waals surface area contributed by atoms with Crippen LogP contribution in [0.5, 0.6) is 5.75 Å². The minimum Gasteiger partial charge on any atom is -0.484 e.